The highest BCUT2D eigenvalue weighted by Gasteiger charge is 2.39. The first kappa shape index (κ1) is 15.1. The Morgan fingerprint density at radius 1 is 1.22 bits per heavy atom. The number of benzene rings is 1. The zero-order valence-electron chi connectivity index (χ0n) is 13.9. The lowest BCUT2D eigenvalue weighted by atomic mass is 9.80. The summed E-state index contributed by atoms with van der Waals surface area (Å²) >= 11 is 0. The highest BCUT2D eigenvalue weighted by atomic mass is 16.6. The molecular formula is C18H26N2O3. The van der Waals surface area contributed by atoms with E-state index in [1.807, 2.05) is 6.07 Å². The maximum absolute atomic E-state index is 5.73. The molecule has 126 valence electrons. The molecule has 0 radical (unpaired) electrons. The summed E-state index contributed by atoms with van der Waals surface area (Å²) in [6, 6.07) is 4.06. The fourth-order valence-corrected chi connectivity index (χ4v) is 4.21. The predicted octanol–water partition coefficient (Wildman–Crippen LogP) is 2.04. The molecule has 23 heavy (non-hydrogen) atoms. The van der Waals surface area contributed by atoms with Crippen molar-refractivity contribution >= 4 is 0 Å². The van der Waals surface area contributed by atoms with Crippen LogP contribution in [0.5, 0.6) is 17.2 Å². The van der Waals surface area contributed by atoms with Crippen molar-refractivity contribution in [3.05, 3.63) is 17.7 Å². The zero-order chi connectivity index (χ0) is 15.7. The fourth-order valence-electron chi connectivity index (χ4n) is 4.21. The molecule has 0 aliphatic carbocycles. The van der Waals surface area contributed by atoms with Crippen molar-refractivity contribution in [1.29, 1.82) is 0 Å². The van der Waals surface area contributed by atoms with Gasteiger partial charge in [0.1, 0.15) is 19.0 Å². The Bertz CT molecular complexity index is 570. The summed E-state index contributed by atoms with van der Waals surface area (Å²) in [6.45, 7) is 6.84. The number of nitrogens with zero attached hydrogens (tertiary/aromatic N) is 1. The number of fused-ring (bicyclic) bond motifs is 1. The maximum atomic E-state index is 5.73. The molecule has 1 N–H and O–H groups in total. The Labute approximate surface area is 137 Å². The largest absolute Gasteiger partial charge is 0.496 e. The minimum absolute atomic E-state index is 0.485. The molecule has 3 heterocycles. The first-order valence-corrected chi connectivity index (χ1v) is 8.68. The van der Waals surface area contributed by atoms with Gasteiger partial charge in [-0.15, -0.1) is 0 Å². The number of rotatable bonds is 3. The smallest absolute Gasteiger partial charge is 0.165 e. The van der Waals surface area contributed by atoms with Crippen molar-refractivity contribution < 1.29 is 14.2 Å². The van der Waals surface area contributed by atoms with Gasteiger partial charge in [0.25, 0.3) is 0 Å². The van der Waals surface area contributed by atoms with Gasteiger partial charge in [0, 0.05) is 31.3 Å². The number of likely N-dealkylation sites (tertiary alicyclic amines) is 1. The van der Waals surface area contributed by atoms with Gasteiger partial charge in [-0.2, -0.15) is 0 Å². The molecule has 3 aliphatic heterocycles. The van der Waals surface area contributed by atoms with Crippen molar-refractivity contribution in [2.75, 3.05) is 46.5 Å². The molecule has 2 saturated heterocycles. The second-order valence-electron chi connectivity index (χ2n) is 7.05. The molecule has 3 aliphatic rings. The van der Waals surface area contributed by atoms with E-state index in [4.69, 9.17) is 14.2 Å². The third-order valence-corrected chi connectivity index (χ3v) is 5.42. The minimum Gasteiger partial charge on any atom is -0.496 e. The molecule has 1 aromatic rings. The van der Waals surface area contributed by atoms with Gasteiger partial charge in [-0.1, -0.05) is 0 Å². The summed E-state index contributed by atoms with van der Waals surface area (Å²) in [5, 5.41) is 3.58. The van der Waals surface area contributed by atoms with Gasteiger partial charge in [0.05, 0.1) is 7.11 Å². The van der Waals surface area contributed by atoms with Gasteiger partial charge in [-0.25, -0.2) is 0 Å². The molecule has 0 amide bonds. The molecule has 4 rings (SSSR count). The summed E-state index contributed by atoms with van der Waals surface area (Å²) in [5.41, 5.74) is 1.68. The Kier molecular flexibility index (Phi) is 4.07. The molecule has 0 aromatic heterocycles. The summed E-state index contributed by atoms with van der Waals surface area (Å²) < 4.78 is 17.0. The van der Waals surface area contributed by atoms with E-state index in [1.54, 1.807) is 7.11 Å². The number of methoxy groups -OCH3 is 1. The Hall–Kier alpha value is -1.46. The van der Waals surface area contributed by atoms with Gasteiger partial charge in [-0.3, -0.25) is 4.90 Å². The van der Waals surface area contributed by atoms with Crippen LogP contribution in [0, 0.1) is 5.41 Å². The van der Waals surface area contributed by atoms with Crippen LogP contribution >= 0.6 is 0 Å². The number of piperidine rings is 1. The zero-order valence-corrected chi connectivity index (χ0v) is 13.9. The molecule has 5 nitrogen and oxygen atoms in total. The van der Waals surface area contributed by atoms with Crippen LogP contribution in [0.4, 0.5) is 0 Å². The highest BCUT2D eigenvalue weighted by Crippen LogP contribution is 2.40. The Morgan fingerprint density at radius 2 is 2.04 bits per heavy atom. The fraction of sp³-hybridized carbons (Fsp3) is 0.667. The van der Waals surface area contributed by atoms with Gasteiger partial charge in [0.15, 0.2) is 11.5 Å². The predicted molar refractivity (Wildman–Crippen MR) is 88.4 cm³/mol. The normalized spacial score (nSPS) is 27.3. The first-order chi connectivity index (χ1) is 11.3. The number of nitrogens with one attached hydrogen (secondary N) is 1. The summed E-state index contributed by atoms with van der Waals surface area (Å²) in [7, 11) is 1.73. The molecule has 5 heteroatoms. The average Bonchev–Trinajstić information content (AvgIpc) is 2.97. The van der Waals surface area contributed by atoms with E-state index in [-0.39, 0.29) is 0 Å². The minimum atomic E-state index is 0.485. The summed E-state index contributed by atoms with van der Waals surface area (Å²) in [6.07, 6.45) is 3.96. The van der Waals surface area contributed by atoms with Crippen LogP contribution in [0.2, 0.25) is 0 Å². The van der Waals surface area contributed by atoms with E-state index in [2.05, 4.69) is 16.3 Å². The quantitative estimate of drug-likeness (QED) is 0.924. The number of hydrogen-bond donors (Lipinski definition) is 1. The standard InChI is InChI=1S/C18H26N2O3/c1-21-15-10-17-16(22-7-8-23-17)9-14(15)11-20-6-4-18(13-20)3-2-5-19-12-18/h9-10,19H,2-8,11-13H2,1H3. The molecule has 1 spiro atoms. The summed E-state index contributed by atoms with van der Waals surface area (Å²) in [5.74, 6) is 2.54. The van der Waals surface area contributed by atoms with E-state index in [1.165, 1.54) is 51.0 Å². The van der Waals surface area contributed by atoms with Gasteiger partial charge < -0.3 is 19.5 Å². The molecular weight excluding hydrogens is 292 g/mol. The van der Waals surface area contributed by atoms with Crippen LogP contribution in [0.15, 0.2) is 12.1 Å². The summed E-state index contributed by atoms with van der Waals surface area (Å²) in [4.78, 5) is 2.56. The van der Waals surface area contributed by atoms with Crippen molar-refractivity contribution in [3.63, 3.8) is 0 Å². The molecule has 1 unspecified atom stereocenters. The van der Waals surface area contributed by atoms with Crippen molar-refractivity contribution in [2.45, 2.75) is 25.8 Å². The van der Waals surface area contributed by atoms with Crippen molar-refractivity contribution in [3.8, 4) is 17.2 Å². The lowest BCUT2D eigenvalue weighted by Gasteiger charge is -2.34. The number of ether oxygens (including phenoxy) is 3. The SMILES string of the molecule is COc1cc2c(cc1CN1CCC3(CCCNC3)C1)OCCO2. The van der Waals surface area contributed by atoms with Crippen molar-refractivity contribution in [2.24, 2.45) is 5.41 Å². The van der Waals surface area contributed by atoms with Gasteiger partial charge >= 0.3 is 0 Å². The van der Waals surface area contributed by atoms with Crippen LogP contribution in [0.3, 0.4) is 0 Å². The number of hydrogen-bond acceptors (Lipinski definition) is 5. The Morgan fingerprint density at radius 3 is 2.78 bits per heavy atom. The van der Waals surface area contributed by atoms with Crippen molar-refractivity contribution in [1.82, 2.24) is 10.2 Å². The van der Waals surface area contributed by atoms with Crippen LogP contribution in [0.25, 0.3) is 0 Å². The Balaban J connectivity index is 1.50. The second kappa shape index (κ2) is 6.21. The molecule has 0 bridgehead atoms. The van der Waals surface area contributed by atoms with Crippen LogP contribution in [-0.4, -0.2) is 51.4 Å². The van der Waals surface area contributed by atoms with E-state index >= 15 is 0 Å². The third-order valence-electron chi connectivity index (χ3n) is 5.42. The van der Waals surface area contributed by atoms with Gasteiger partial charge in [-0.05, 0) is 43.8 Å². The van der Waals surface area contributed by atoms with Crippen LogP contribution in [-0.2, 0) is 6.54 Å². The maximum Gasteiger partial charge on any atom is 0.165 e. The van der Waals surface area contributed by atoms with E-state index in [0.29, 0.717) is 18.6 Å². The van der Waals surface area contributed by atoms with Gasteiger partial charge in [0.2, 0.25) is 0 Å². The average molecular weight is 318 g/mol. The van der Waals surface area contributed by atoms with Crippen LogP contribution < -0.4 is 19.5 Å². The first-order valence-electron chi connectivity index (χ1n) is 8.68. The van der Waals surface area contributed by atoms with Crippen LogP contribution in [0.1, 0.15) is 24.8 Å². The monoisotopic (exact) mass is 318 g/mol. The molecule has 1 aromatic carbocycles. The van der Waals surface area contributed by atoms with E-state index < -0.39 is 0 Å². The molecule has 1 atom stereocenters. The third kappa shape index (κ3) is 3.00. The lowest BCUT2D eigenvalue weighted by Crippen LogP contribution is -2.41. The highest BCUT2D eigenvalue weighted by molar-refractivity contribution is 5.51. The van der Waals surface area contributed by atoms with E-state index in [0.717, 1.165) is 23.8 Å². The lowest BCUT2D eigenvalue weighted by molar-refractivity contribution is 0.169. The topological polar surface area (TPSA) is 43.0 Å². The molecule has 2 fully saturated rings. The van der Waals surface area contributed by atoms with E-state index in [9.17, 15) is 0 Å². The second-order valence-corrected chi connectivity index (χ2v) is 7.05. The molecule has 0 saturated carbocycles.